The molecule has 0 heterocycles. The van der Waals surface area contributed by atoms with Gasteiger partial charge in [0.25, 0.3) is 0 Å². The Bertz CT molecular complexity index is 482. The molecule has 0 aliphatic heterocycles. The number of anilines is 1. The standard InChI is InChI=1S/C14H17NO3/c1-8(2)9-5-3-4-6-12(9)15-13(16)10-7-11(10)14(17)18/h3-6,8,10-11H,7H2,1-2H3,(H,15,16)(H,17,18)/t10-,11+/m1/s1. The van der Waals surface area contributed by atoms with Gasteiger partial charge in [-0.1, -0.05) is 32.0 Å². The molecule has 96 valence electrons. The summed E-state index contributed by atoms with van der Waals surface area (Å²) in [5, 5.41) is 11.6. The van der Waals surface area contributed by atoms with Crippen LogP contribution in [0.2, 0.25) is 0 Å². The molecule has 1 aromatic rings. The summed E-state index contributed by atoms with van der Waals surface area (Å²) in [6.45, 7) is 4.12. The van der Waals surface area contributed by atoms with Crippen LogP contribution in [0.15, 0.2) is 24.3 Å². The molecule has 2 N–H and O–H groups in total. The van der Waals surface area contributed by atoms with Crippen molar-refractivity contribution >= 4 is 17.6 Å². The van der Waals surface area contributed by atoms with Crippen LogP contribution in [0, 0.1) is 11.8 Å². The summed E-state index contributed by atoms with van der Waals surface area (Å²) in [4.78, 5) is 22.6. The third-order valence-electron chi connectivity index (χ3n) is 3.29. The average molecular weight is 247 g/mol. The molecule has 1 aliphatic carbocycles. The van der Waals surface area contributed by atoms with Gasteiger partial charge in [0.05, 0.1) is 11.8 Å². The predicted octanol–water partition coefficient (Wildman–Crippen LogP) is 2.47. The lowest BCUT2D eigenvalue weighted by molar-refractivity contribution is -0.139. The Kier molecular flexibility index (Phi) is 3.36. The maximum absolute atomic E-state index is 11.9. The Labute approximate surface area is 106 Å². The smallest absolute Gasteiger partial charge is 0.307 e. The van der Waals surface area contributed by atoms with Crippen molar-refractivity contribution in [2.75, 3.05) is 5.32 Å². The van der Waals surface area contributed by atoms with E-state index in [-0.39, 0.29) is 11.8 Å². The summed E-state index contributed by atoms with van der Waals surface area (Å²) in [6.07, 6.45) is 0.449. The van der Waals surface area contributed by atoms with Crippen LogP contribution in [-0.2, 0) is 9.59 Å². The number of amides is 1. The molecule has 2 rings (SSSR count). The van der Waals surface area contributed by atoms with E-state index in [9.17, 15) is 9.59 Å². The second kappa shape index (κ2) is 4.80. The van der Waals surface area contributed by atoms with Gasteiger partial charge < -0.3 is 10.4 Å². The molecule has 18 heavy (non-hydrogen) atoms. The first-order valence-electron chi connectivity index (χ1n) is 6.13. The van der Waals surface area contributed by atoms with Crippen molar-refractivity contribution in [1.82, 2.24) is 0 Å². The van der Waals surface area contributed by atoms with Crippen molar-refractivity contribution in [1.29, 1.82) is 0 Å². The summed E-state index contributed by atoms with van der Waals surface area (Å²) in [5.41, 5.74) is 1.85. The summed E-state index contributed by atoms with van der Waals surface area (Å²) >= 11 is 0. The van der Waals surface area contributed by atoms with Crippen LogP contribution in [0.1, 0.15) is 31.7 Å². The zero-order valence-corrected chi connectivity index (χ0v) is 10.5. The maximum atomic E-state index is 11.9. The maximum Gasteiger partial charge on any atom is 0.307 e. The number of carbonyl (C=O) groups excluding carboxylic acids is 1. The van der Waals surface area contributed by atoms with Crippen LogP contribution in [0.5, 0.6) is 0 Å². The van der Waals surface area contributed by atoms with E-state index in [1.807, 2.05) is 24.3 Å². The minimum atomic E-state index is -0.882. The molecule has 0 bridgehead atoms. The van der Waals surface area contributed by atoms with Gasteiger partial charge >= 0.3 is 5.97 Å². The van der Waals surface area contributed by atoms with Crippen molar-refractivity contribution in [3.63, 3.8) is 0 Å². The lowest BCUT2D eigenvalue weighted by Crippen LogP contribution is -2.17. The van der Waals surface area contributed by atoms with Gasteiger partial charge in [-0.15, -0.1) is 0 Å². The quantitative estimate of drug-likeness (QED) is 0.859. The summed E-state index contributed by atoms with van der Waals surface area (Å²) in [6, 6.07) is 7.62. The Balaban J connectivity index is 2.06. The van der Waals surface area contributed by atoms with Gasteiger partial charge in [-0.3, -0.25) is 9.59 Å². The summed E-state index contributed by atoms with van der Waals surface area (Å²) in [7, 11) is 0. The van der Waals surface area contributed by atoms with Gasteiger partial charge in [0.2, 0.25) is 5.91 Å². The van der Waals surface area contributed by atoms with Crippen LogP contribution < -0.4 is 5.32 Å². The normalized spacial score (nSPS) is 21.7. The van der Waals surface area contributed by atoms with Gasteiger partial charge in [0.1, 0.15) is 0 Å². The number of rotatable bonds is 4. The topological polar surface area (TPSA) is 66.4 Å². The largest absolute Gasteiger partial charge is 0.481 e. The van der Waals surface area contributed by atoms with Crippen LogP contribution in [0.4, 0.5) is 5.69 Å². The minimum Gasteiger partial charge on any atom is -0.481 e. The van der Waals surface area contributed by atoms with Crippen molar-refractivity contribution in [3.05, 3.63) is 29.8 Å². The highest BCUT2D eigenvalue weighted by Crippen LogP contribution is 2.39. The molecule has 0 spiro atoms. The number of hydrogen-bond donors (Lipinski definition) is 2. The molecular weight excluding hydrogens is 230 g/mol. The zero-order valence-electron chi connectivity index (χ0n) is 10.5. The fourth-order valence-corrected chi connectivity index (χ4v) is 2.10. The van der Waals surface area contributed by atoms with Gasteiger partial charge in [-0.2, -0.15) is 0 Å². The molecule has 0 radical (unpaired) electrons. The van der Waals surface area contributed by atoms with Crippen LogP contribution in [-0.4, -0.2) is 17.0 Å². The molecule has 1 aliphatic rings. The van der Waals surface area contributed by atoms with Crippen molar-refractivity contribution in [2.45, 2.75) is 26.2 Å². The van der Waals surface area contributed by atoms with E-state index >= 15 is 0 Å². The van der Waals surface area contributed by atoms with E-state index in [0.29, 0.717) is 12.3 Å². The van der Waals surface area contributed by atoms with Crippen molar-refractivity contribution < 1.29 is 14.7 Å². The Morgan fingerprint density at radius 3 is 2.50 bits per heavy atom. The van der Waals surface area contributed by atoms with Gasteiger partial charge in [-0.25, -0.2) is 0 Å². The number of carboxylic acids is 1. The predicted molar refractivity (Wildman–Crippen MR) is 68.4 cm³/mol. The number of nitrogens with one attached hydrogen (secondary N) is 1. The van der Waals surface area contributed by atoms with Crippen LogP contribution in [0.25, 0.3) is 0 Å². The Morgan fingerprint density at radius 1 is 1.28 bits per heavy atom. The highest BCUT2D eigenvalue weighted by molar-refractivity contribution is 5.98. The van der Waals surface area contributed by atoms with E-state index in [2.05, 4.69) is 19.2 Å². The first-order valence-corrected chi connectivity index (χ1v) is 6.13. The number of hydrogen-bond acceptors (Lipinski definition) is 2. The second-order valence-corrected chi connectivity index (χ2v) is 5.02. The zero-order chi connectivity index (χ0) is 13.3. The van der Waals surface area contributed by atoms with Crippen molar-refractivity contribution in [3.8, 4) is 0 Å². The molecule has 1 amide bonds. The highest BCUT2D eigenvalue weighted by Gasteiger charge is 2.48. The summed E-state index contributed by atoms with van der Waals surface area (Å²) < 4.78 is 0. The molecule has 1 fully saturated rings. The average Bonchev–Trinajstić information content (AvgIpc) is 3.09. The molecule has 0 unspecified atom stereocenters. The molecule has 4 heteroatoms. The Morgan fingerprint density at radius 2 is 1.94 bits per heavy atom. The lowest BCUT2D eigenvalue weighted by Gasteiger charge is -2.13. The Hall–Kier alpha value is -1.84. The van der Waals surface area contributed by atoms with E-state index in [1.165, 1.54) is 0 Å². The van der Waals surface area contributed by atoms with Gasteiger partial charge in [0.15, 0.2) is 0 Å². The third-order valence-corrected chi connectivity index (χ3v) is 3.29. The van der Waals surface area contributed by atoms with E-state index in [0.717, 1.165) is 11.3 Å². The lowest BCUT2D eigenvalue weighted by atomic mass is 10.0. The number of benzene rings is 1. The molecule has 1 aromatic carbocycles. The second-order valence-electron chi connectivity index (χ2n) is 5.02. The number of para-hydroxylation sites is 1. The SMILES string of the molecule is CC(C)c1ccccc1NC(=O)[C@@H]1C[C@@H]1C(=O)O. The molecule has 4 nitrogen and oxygen atoms in total. The van der Waals surface area contributed by atoms with E-state index < -0.39 is 11.9 Å². The van der Waals surface area contributed by atoms with Gasteiger partial charge in [-0.05, 0) is 24.0 Å². The monoisotopic (exact) mass is 247 g/mol. The first-order chi connectivity index (χ1) is 8.50. The third kappa shape index (κ3) is 2.53. The van der Waals surface area contributed by atoms with Crippen LogP contribution in [0.3, 0.4) is 0 Å². The van der Waals surface area contributed by atoms with E-state index in [1.54, 1.807) is 0 Å². The fraction of sp³-hybridized carbons (Fsp3) is 0.429. The molecule has 0 aromatic heterocycles. The minimum absolute atomic E-state index is 0.185. The molecule has 1 saturated carbocycles. The van der Waals surface area contributed by atoms with Gasteiger partial charge in [0, 0.05) is 5.69 Å². The van der Waals surface area contributed by atoms with E-state index in [4.69, 9.17) is 5.11 Å². The summed E-state index contributed by atoms with van der Waals surface area (Å²) in [5.74, 6) is -1.63. The fourth-order valence-electron chi connectivity index (χ4n) is 2.10. The van der Waals surface area contributed by atoms with Crippen LogP contribution >= 0.6 is 0 Å². The first kappa shape index (κ1) is 12.6. The molecule has 0 saturated heterocycles. The highest BCUT2D eigenvalue weighted by atomic mass is 16.4. The number of carboxylic acid groups (broad SMARTS) is 1. The number of carbonyl (C=O) groups is 2. The van der Waals surface area contributed by atoms with Crippen molar-refractivity contribution in [2.24, 2.45) is 11.8 Å². The molecule has 2 atom stereocenters. The number of aliphatic carboxylic acids is 1. The molecular formula is C14H17NO3.